The molecule has 0 radical (unpaired) electrons. The summed E-state index contributed by atoms with van der Waals surface area (Å²) in [5.41, 5.74) is 2.06. The molecule has 1 aliphatic heterocycles. The van der Waals surface area contributed by atoms with E-state index >= 15 is 0 Å². The number of pyridine rings is 2. The SMILES string of the molecule is O=C(c1ccc(S(=O)(=O)Nc2ccncc2)cc1)N1CCN(Cc2cccnc2)CC1. The van der Waals surface area contributed by atoms with Crippen LogP contribution in [0.2, 0.25) is 0 Å². The molecule has 31 heavy (non-hydrogen) atoms. The Morgan fingerprint density at radius 1 is 0.903 bits per heavy atom. The Kier molecular flexibility index (Phi) is 6.24. The Labute approximate surface area is 181 Å². The Morgan fingerprint density at radius 3 is 2.26 bits per heavy atom. The van der Waals surface area contributed by atoms with Gasteiger partial charge in [0, 0.05) is 63.1 Å². The second kappa shape index (κ2) is 9.23. The van der Waals surface area contributed by atoms with Crippen molar-refractivity contribution in [2.24, 2.45) is 0 Å². The van der Waals surface area contributed by atoms with Gasteiger partial charge in [0.05, 0.1) is 10.6 Å². The number of aromatic nitrogens is 2. The van der Waals surface area contributed by atoms with E-state index in [-0.39, 0.29) is 10.8 Å². The van der Waals surface area contributed by atoms with E-state index < -0.39 is 10.0 Å². The molecule has 1 aliphatic rings. The highest BCUT2D eigenvalue weighted by atomic mass is 32.2. The molecule has 9 heteroatoms. The minimum Gasteiger partial charge on any atom is -0.336 e. The Hall–Kier alpha value is -3.30. The molecule has 0 bridgehead atoms. The van der Waals surface area contributed by atoms with E-state index in [1.807, 2.05) is 18.3 Å². The van der Waals surface area contributed by atoms with Crippen LogP contribution in [0.4, 0.5) is 5.69 Å². The summed E-state index contributed by atoms with van der Waals surface area (Å²) in [6.07, 6.45) is 6.63. The van der Waals surface area contributed by atoms with Crippen molar-refractivity contribution in [2.45, 2.75) is 11.4 Å². The summed E-state index contributed by atoms with van der Waals surface area (Å²) in [7, 11) is -3.73. The van der Waals surface area contributed by atoms with Gasteiger partial charge < -0.3 is 4.90 Å². The number of hydrogen-bond donors (Lipinski definition) is 1. The number of piperazine rings is 1. The van der Waals surface area contributed by atoms with Crippen LogP contribution in [0.25, 0.3) is 0 Å². The summed E-state index contributed by atoms with van der Waals surface area (Å²) in [6.45, 7) is 3.63. The van der Waals surface area contributed by atoms with Gasteiger partial charge >= 0.3 is 0 Å². The fourth-order valence-electron chi connectivity index (χ4n) is 3.45. The number of rotatable bonds is 6. The number of anilines is 1. The Bertz CT molecular complexity index is 1110. The van der Waals surface area contributed by atoms with Crippen molar-refractivity contribution < 1.29 is 13.2 Å². The lowest BCUT2D eigenvalue weighted by atomic mass is 10.1. The second-order valence-electron chi connectivity index (χ2n) is 7.30. The first kappa shape index (κ1) is 21.0. The summed E-state index contributed by atoms with van der Waals surface area (Å²) in [4.78, 5) is 25.0. The molecule has 0 saturated carbocycles. The van der Waals surface area contributed by atoms with Crippen molar-refractivity contribution in [1.29, 1.82) is 0 Å². The number of carbonyl (C=O) groups excluding carboxylic acids is 1. The normalized spacial score (nSPS) is 14.9. The van der Waals surface area contributed by atoms with Gasteiger partial charge in [-0.1, -0.05) is 6.07 Å². The third-order valence-electron chi connectivity index (χ3n) is 5.13. The molecule has 1 aromatic carbocycles. The van der Waals surface area contributed by atoms with Gasteiger partial charge in [0.15, 0.2) is 0 Å². The molecule has 160 valence electrons. The fourth-order valence-corrected chi connectivity index (χ4v) is 4.51. The Balaban J connectivity index is 1.35. The lowest BCUT2D eigenvalue weighted by Gasteiger charge is -2.34. The highest BCUT2D eigenvalue weighted by Gasteiger charge is 2.23. The molecule has 3 heterocycles. The predicted molar refractivity (Wildman–Crippen MR) is 117 cm³/mol. The van der Waals surface area contributed by atoms with E-state index in [9.17, 15) is 13.2 Å². The number of carbonyl (C=O) groups is 1. The van der Waals surface area contributed by atoms with Crippen LogP contribution in [0.15, 0.2) is 78.2 Å². The summed E-state index contributed by atoms with van der Waals surface area (Å²) >= 11 is 0. The van der Waals surface area contributed by atoms with E-state index in [1.165, 1.54) is 24.5 Å². The van der Waals surface area contributed by atoms with Crippen LogP contribution in [0.3, 0.4) is 0 Å². The molecular weight excluding hydrogens is 414 g/mol. The predicted octanol–water partition coefficient (Wildman–Crippen LogP) is 2.24. The van der Waals surface area contributed by atoms with Crippen LogP contribution in [0, 0.1) is 0 Å². The highest BCUT2D eigenvalue weighted by molar-refractivity contribution is 7.92. The molecule has 1 saturated heterocycles. The lowest BCUT2D eigenvalue weighted by molar-refractivity contribution is 0.0628. The van der Waals surface area contributed by atoms with Gasteiger partial charge in [0.25, 0.3) is 15.9 Å². The van der Waals surface area contributed by atoms with E-state index in [0.29, 0.717) is 24.3 Å². The quantitative estimate of drug-likeness (QED) is 0.635. The van der Waals surface area contributed by atoms with Crippen LogP contribution >= 0.6 is 0 Å². The van der Waals surface area contributed by atoms with Gasteiger partial charge in [-0.25, -0.2) is 8.42 Å². The average molecular weight is 438 g/mol. The number of benzene rings is 1. The second-order valence-corrected chi connectivity index (χ2v) is 8.98. The lowest BCUT2D eigenvalue weighted by Crippen LogP contribution is -2.48. The third-order valence-corrected chi connectivity index (χ3v) is 6.53. The number of nitrogens with one attached hydrogen (secondary N) is 1. The van der Waals surface area contributed by atoms with Gasteiger partial charge in [-0.15, -0.1) is 0 Å². The van der Waals surface area contributed by atoms with Gasteiger partial charge in [-0.2, -0.15) is 0 Å². The first-order valence-electron chi connectivity index (χ1n) is 9.95. The van der Waals surface area contributed by atoms with Crippen LogP contribution in [0.1, 0.15) is 15.9 Å². The minimum atomic E-state index is -3.73. The average Bonchev–Trinajstić information content (AvgIpc) is 2.80. The molecular formula is C22H23N5O3S. The van der Waals surface area contributed by atoms with Crippen molar-refractivity contribution in [1.82, 2.24) is 19.8 Å². The zero-order valence-corrected chi connectivity index (χ0v) is 17.7. The van der Waals surface area contributed by atoms with Crippen LogP contribution < -0.4 is 4.72 Å². The molecule has 0 unspecified atom stereocenters. The molecule has 1 N–H and O–H groups in total. The molecule has 8 nitrogen and oxygen atoms in total. The molecule has 2 aromatic heterocycles. The first-order valence-corrected chi connectivity index (χ1v) is 11.4. The topological polar surface area (TPSA) is 95.5 Å². The van der Waals surface area contributed by atoms with Gasteiger partial charge in [-0.05, 0) is 48.0 Å². The summed E-state index contributed by atoms with van der Waals surface area (Å²) in [5, 5.41) is 0. The van der Waals surface area contributed by atoms with E-state index in [1.54, 1.807) is 35.4 Å². The monoisotopic (exact) mass is 437 g/mol. The molecule has 3 aromatic rings. The van der Waals surface area contributed by atoms with Gasteiger partial charge in [0.1, 0.15) is 0 Å². The minimum absolute atomic E-state index is 0.0907. The number of nitrogens with zero attached hydrogens (tertiary/aromatic N) is 4. The van der Waals surface area contributed by atoms with Crippen molar-refractivity contribution in [3.05, 3.63) is 84.4 Å². The maximum Gasteiger partial charge on any atom is 0.261 e. The molecule has 0 atom stereocenters. The Morgan fingerprint density at radius 2 is 1.61 bits per heavy atom. The van der Waals surface area contributed by atoms with Crippen molar-refractivity contribution in [3.63, 3.8) is 0 Å². The van der Waals surface area contributed by atoms with Gasteiger partial charge in [0.2, 0.25) is 0 Å². The summed E-state index contributed by atoms with van der Waals surface area (Å²) in [6, 6.07) is 13.1. The number of amides is 1. The van der Waals surface area contributed by atoms with E-state index in [4.69, 9.17) is 0 Å². The molecule has 4 rings (SSSR count). The standard InChI is InChI=1S/C22H23N5O3S/c28-22(27-14-12-26(13-15-27)17-18-2-1-9-24-16-18)19-3-5-21(6-4-19)31(29,30)25-20-7-10-23-11-8-20/h1-11,16H,12-15,17H2,(H,23,25). The highest BCUT2D eigenvalue weighted by Crippen LogP contribution is 2.17. The van der Waals surface area contributed by atoms with Crippen molar-refractivity contribution in [2.75, 3.05) is 30.9 Å². The fraction of sp³-hybridized carbons (Fsp3) is 0.227. The molecule has 1 amide bonds. The zero-order chi connectivity index (χ0) is 21.7. The maximum absolute atomic E-state index is 12.8. The summed E-state index contributed by atoms with van der Waals surface area (Å²) < 4.78 is 27.6. The van der Waals surface area contributed by atoms with Gasteiger partial charge in [-0.3, -0.25) is 24.4 Å². The van der Waals surface area contributed by atoms with Crippen LogP contribution in [-0.2, 0) is 16.6 Å². The van der Waals surface area contributed by atoms with Crippen molar-refractivity contribution >= 4 is 21.6 Å². The molecule has 1 fully saturated rings. The first-order chi connectivity index (χ1) is 15.0. The van der Waals surface area contributed by atoms with Crippen LogP contribution in [0.5, 0.6) is 0 Å². The molecule has 0 spiro atoms. The smallest absolute Gasteiger partial charge is 0.261 e. The van der Waals surface area contributed by atoms with E-state index in [0.717, 1.165) is 25.2 Å². The number of sulfonamides is 1. The van der Waals surface area contributed by atoms with Crippen LogP contribution in [-0.4, -0.2) is 60.3 Å². The maximum atomic E-state index is 12.8. The largest absolute Gasteiger partial charge is 0.336 e. The summed E-state index contributed by atoms with van der Waals surface area (Å²) in [5.74, 6) is -0.0907. The van der Waals surface area contributed by atoms with Crippen molar-refractivity contribution in [3.8, 4) is 0 Å². The third kappa shape index (κ3) is 5.25. The zero-order valence-electron chi connectivity index (χ0n) is 16.9. The van der Waals surface area contributed by atoms with E-state index in [2.05, 4.69) is 19.6 Å². The number of hydrogen-bond acceptors (Lipinski definition) is 6. The molecule has 0 aliphatic carbocycles.